The summed E-state index contributed by atoms with van der Waals surface area (Å²) in [6, 6.07) is 0. The van der Waals surface area contributed by atoms with Crippen molar-refractivity contribution in [1.82, 2.24) is 19.7 Å². The lowest BCUT2D eigenvalue weighted by Gasteiger charge is -2.22. The van der Waals surface area contributed by atoms with Crippen molar-refractivity contribution < 1.29 is 4.74 Å². The van der Waals surface area contributed by atoms with E-state index in [0.717, 1.165) is 36.3 Å². The molecule has 0 aliphatic carbocycles. The summed E-state index contributed by atoms with van der Waals surface area (Å²) in [7, 11) is 1.84. The van der Waals surface area contributed by atoms with E-state index in [1.807, 2.05) is 11.7 Å². The first-order chi connectivity index (χ1) is 8.40. The summed E-state index contributed by atoms with van der Waals surface area (Å²) in [4.78, 5) is 8.46. The van der Waals surface area contributed by atoms with Gasteiger partial charge in [0.1, 0.15) is 12.1 Å². The molecule has 0 radical (unpaired) electrons. The molecule has 3 rings (SSSR count). The lowest BCUT2D eigenvalue weighted by atomic mass is 10.2. The van der Waals surface area contributed by atoms with E-state index in [1.54, 1.807) is 12.5 Å². The van der Waals surface area contributed by atoms with Crippen LogP contribution in [0.3, 0.4) is 0 Å². The van der Waals surface area contributed by atoms with Crippen LogP contribution >= 0.6 is 0 Å². The monoisotopic (exact) mass is 233 g/mol. The average Bonchev–Trinajstić information content (AvgIpc) is 2.83. The minimum atomic E-state index is 0.0147. The van der Waals surface area contributed by atoms with Crippen LogP contribution in [0.2, 0.25) is 0 Å². The Bertz CT molecular complexity index is 518. The standard InChI is InChI=1S/C11H15N5O/c1-12-10-8-6-15-16(11(8)14-7-13-10)9-4-2-3-5-17-9/h6-7,9H,2-5H2,1H3,(H,12,13,14)/t9-/m1/s1. The number of hydrogen-bond acceptors (Lipinski definition) is 5. The Kier molecular flexibility index (Phi) is 2.64. The Labute approximate surface area is 99.0 Å². The Hall–Kier alpha value is -1.69. The van der Waals surface area contributed by atoms with Gasteiger partial charge in [-0.05, 0) is 19.3 Å². The van der Waals surface area contributed by atoms with E-state index in [4.69, 9.17) is 4.74 Å². The van der Waals surface area contributed by atoms with Crippen molar-refractivity contribution in [3.05, 3.63) is 12.5 Å². The molecule has 1 N–H and O–H groups in total. The van der Waals surface area contributed by atoms with Gasteiger partial charge in [-0.1, -0.05) is 0 Å². The second-order valence-electron chi connectivity index (χ2n) is 4.12. The molecule has 3 heterocycles. The highest BCUT2D eigenvalue weighted by Crippen LogP contribution is 2.26. The molecule has 1 aliphatic heterocycles. The highest BCUT2D eigenvalue weighted by atomic mass is 16.5. The van der Waals surface area contributed by atoms with Crippen LogP contribution in [-0.2, 0) is 4.74 Å². The predicted molar refractivity (Wildman–Crippen MR) is 63.7 cm³/mol. The largest absolute Gasteiger partial charge is 0.372 e. The molecule has 90 valence electrons. The Morgan fingerprint density at radius 3 is 3.12 bits per heavy atom. The molecular weight excluding hydrogens is 218 g/mol. The van der Waals surface area contributed by atoms with Crippen molar-refractivity contribution in [2.24, 2.45) is 0 Å². The van der Waals surface area contributed by atoms with E-state index in [2.05, 4.69) is 20.4 Å². The van der Waals surface area contributed by atoms with Crippen LogP contribution in [0.1, 0.15) is 25.5 Å². The lowest BCUT2D eigenvalue weighted by Crippen LogP contribution is -2.19. The zero-order valence-corrected chi connectivity index (χ0v) is 9.76. The van der Waals surface area contributed by atoms with Crippen LogP contribution in [0.25, 0.3) is 11.0 Å². The summed E-state index contributed by atoms with van der Waals surface area (Å²) in [5, 5.41) is 8.35. The zero-order valence-electron chi connectivity index (χ0n) is 9.76. The van der Waals surface area contributed by atoms with Crippen molar-refractivity contribution >= 4 is 16.9 Å². The maximum absolute atomic E-state index is 5.72. The van der Waals surface area contributed by atoms with Crippen LogP contribution in [0, 0.1) is 0 Å². The normalized spacial score (nSPS) is 20.6. The number of nitrogens with zero attached hydrogens (tertiary/aromatic N) is 4. The molecule has 0 amide bonds. The summed E-state index contributed by atoms with van der Waals surface area (Å²) in [5.74, 6) is 0.803. The van der Waals surface area contributed by atoms with Crippen LogP contribution < -0.4 is 5.32 Å². The van der Waals surface area contributed by atoms with E-state index >= 15 is 0 Å². The minimum Gasteiger partial charge on any atom is -0.372 e. The quantitative estimate of drug-likeness (QED) is 0.852. The summed E-state index contributed by atoms with van der Waals surface area (Å²) >= 11 is 0. The predicted octanol–water partition coefficient (Wildman–Crippen LogP) is 1.57. The van der Waals surface area contributed by atoms with E-state index in [0.29, 0.717) is 0 Å². The number of fused-ring (bicyclic) bond motifs is 1. The number of ether oxygens (including phenoxy) is 1. The molecule has 0 spiro atoms. The first-order valence-corrected chi connectivity index (χ1v) is 5.87. The number of hydrogen-bond donors (Lipinski definition) is 1. The maximum atomic E-state index is 5.72. The number of anilines is 1. The molecule has 6 heteroatoms. The molecule has 0 bridgehead atoms. The molecule has 6 nitrogen and oxygen atoms in total. The van der Waals surface area contributed by atoms with Gasteiger partial charge in [-0.2, -0.15) is 5.10 Å². The molecule has 1 atom stereocenters. The van der Waals surface area contributed by atoms with E-state index < -0.39 is 0 Å². The lowest BCUT2D eigenvalue weighted by molar-refractivity contribution is -0.0370. The molecule has 0 aromatic carbocycles. The van der Waals surface area contributed by atoms with Gasteiger partial charge >= 0.3 is 0 Å². The highest BCUT2D eigenvalue weighted by molar-refractivity contribution is 5.85. The van der Waals surface area contributed by atoms with Crippen molar-refractivity contribution in [1.29, 1.82) is 0 Å². The van der Waals surface area contributed by atoms with Gasteiger partial charge in [0.15, 0.2) is 11.9 Å². The summed E-state index contributed by atoms with van der Waals surface area (Å²) in [6.45, 7) is 0.802. The second kappa shape index (κ2) is 4.29. The highest BCUT2D eigenvalue weighted by Gasteiger charge is 2.20. The van der Waals surface area contributed by atoms with Gasteiger partial charge in [0.05, 0.1) is 11.6 Å². The molecule has 2 aromatic heterocycles. The van der Waals surface area contributed by atoms with Crippen molar-refractivity contribution in [3.8, 4) is 0 Å². The first kappa shape index (κ1) is 10.5. The average molecular weight is 233 g/mol. The van der Waals surface area contributed by atoms with Gasteiger partial charge in [0.2, 0.25) is 0 Å². The van der Waals surface area contributed by atoms with Crippen LogP contribution in [0.4, 0.5) is 5.82 Å². The van der Waals surface area contributed by atoms with Gasteiger partial charge < -0.3 is 10.1 Å². The minimum absolute atomic E-state index is 0.0147. The maximum Gasteiger partial charge on any atom is 0.165 e. The number of aromatic nitrogens is 4. The van der Waals surface area contributed by atoms with Gasteiger partial charge in [-0.3, -0.25) is 0 Å². The Balaban J connectivity index is 2.05. The van der Waals surface area contributed by atoms with E-state index in [9.17, 15) is 0 Å². The topological polar surface area (TPSA) is 64.9 Å². The molecule has 1 aliphatic rings. The molecular formula is C11H15N5O. The van der Waals surface area contributed by atoms with E-state index in [1.165, 1.54) is 6.42 Å². The van der Waals surface area contributed by atoms with Gasteiger partial charge in [-0.15, -0.1) is 0 Å². The smallest absolute Gasteiger partial charge is 0.165 e. The number of rotatable bonds is 2. The SMILES string of the molecule is CNc1ncnc2c1cnn2[C@H]1CCCCO1. The zero-order chi connectivity index (χ0) is 11.7. The first-order valence-electron chi connectivity index (χ1n) is 5.87. The van der Waals surface area contributed by atoms with Crippen molar-refractivity contribution in [2.45, 2.75) is 25.5 Å². The third-order valence-corrected chi connectivity index (χ3v) is 3.06. The van der Waals surface area contributed by atoms with Crippen molar-refractivity contribution in [2.75, 3.05) is 19.0 Å². The third kappa shape index (κ3) is 1.74. The Morgan fingerprint density at radius 2 is 2.35 bits per heavy atom. The van der Waals surface area contributed by atoms with Crippen LogP contribution in [0.5, 0.6) is 0 Å². The molecule has 1 fully saturated rings. The fourth-order valence-electron chi connectivity index (χ4n) is 2.19. The van der Waals surface area contributed by atoms with Gasteiger partial charge in [0.25, 0.3) is 0 Å². The van der Waals surface area contributed by atoms with Crippen LogP contribution in [-0.4, -0.2) is 33.4 Å². The van der Waals surface area contributed by atoms with E-state index in [-0.39, 0.29) is 6.23 Å². The number of nitrogens with one attached hydrogen (secondary N) is 1. The molecule has 1 saturated heterocycles. The summed E-state index contributed by atoms with van der Waals surface area (Å²) in [6.07, 6.45) is 6.66. The Morgan fingerprint density at radius 1 is 1.41 bits per heavy atom. The fraction of sp³-hybridized carbons (Fsp3) is 0.545. The second-order valence-corrected chi connectivity index (χ2v) is 4.12. The molecule has 0 saturated carbocycles. The summed E-state index contributed by atoms with van der Waals surface area (Å²) in [5.41, 5.74) is 0.830. The van der Waals surface area contributed by atoms with Gasteiger partial charge in [0, 0.05) is 13.7 Å². The van der Waals surface area contributed by atoms with Gasteiger partial charge in [-0.25, -0.2) is 14.6 Å². The van der Waals surface area contributed by atoms with Crippen LogP contribution in [0.15, 0.2) is 12.5 Å². The van der Waals surface area contributed by atoms with Crippen molar-refractivity contribution in [3.63, 3.8) is 0 Å². The fourth-order valence-corrected chi connectivity index (χ4v) is 2.19. The molecule has 2 aromatic rings. The summed E-state index contributed by atoms with van der Waals surface area (Å²) < 4.78 is 7.58. The molecule has 0 unspecified atom stereocenters. The molecule has 17 heavy (non-hydrogen) atoms. The third-order valence-electron chi connectivity index (χ3n) is 3.06.